The third-order valence-corrected chi connectivity index (χ3v) is 11.1. The first-order valence-electron chi connectivity index (χ1n) is 24.0. The molecule has 9 aromatic rings. The summed E-state index contributed by atoms with van der Waals surface area (Å²) in [6.07, 6.45) is 31.0. The average molecular weight is 1350 g/mol. The Hall–Kier alpha value is -8.34. The largest absolute Gasteiger partial charge is 2.00 e. The van der Waals surface area contributed by atoms with E-state index in [1.54, 1.807) is 103 Å². The molecule has 1 amide bonds. The Morgan fingerprint density at radius 1 is 0.698 bits per heavy atom. The summed E-state index contributed by atoms with van der Waals surface area (Å²) in [4.78, 5) is 71.6. The fourth-order valence-corrected chi connectivity index (χ4v) is 6.88. The smallest absolute Gasteiger partial charge is 1.00 e. The summed E-state index contributed by atoms with van der Waals surface area (Å²) in [6, 6.07) is 12.0. The van der Waals surface area contributed by atoms with Gasteiger partial charge < -0.3 is 70.0 Å². The van der Waals surface area contributed by atoms with Crippen molar-refractivity contribution in [3.05, 3.63) is 113 Å². The molecule has 6 N–H and O–H groups in total. The van der Waals surface area contributed by atoms with Crippen LogP contribution in [0.25, 0.3) is 39.5 Å². The summed E-state index contributed by atoms with van der Waals surface area (Å²) >= 11 is 1.91. The Balaban J connectivity index is 0.000000543. The van der Waals surface area contributed by atoms with Crippen molar-refractivity contribution in [2.24, 2.45) is 5.73 Å². The number of halogens is 3. The molecule has 0 bridgehead atoms. The number of hydrogen-bond donors (Lipinski definition) is 5. The fourth-order valence-electron chi connectivity index (χ4n) is 6.15. The topological polar surface area (TPSA) is 355 Å². The molecule has 9 heterocycles. The van der Waals surface area contributed by atoms with E-state index in [1.807, 2.05) is 22.6 Å². The summed E-state index contributed by atoms with van der Waals surface area (Å²) in [5.74, 6) is 10.3. The van der Waals surface area contributed by atoms with Crippen molar-refractivity contribution < 1.29 is 73.3 Å². The number of ether oxygens (including phenoxy) is 4. The standard InChI is InChI=1S/C15H14N6O2.C14H13N5O3.C7H4IN3O2.C7H4.C5H7BN2O3.C3H7N.C2H2.CH4.Ca.2ClH/c1-23-15-16-7-9(8-17-15)13-12(14(22)19-10-4-5-10)20-11-3-2-6-18-21(11)13;1-3-22-13(20)11-12(9-7-15-14(21-2)16-8-9)19-10(18-11)5-4-6-17-19;8-6-5(7(12)13)10-4-2-1-3-9-11(4)6;1-3-5-7-6-4-2;1-11-5-7-2-4(3-8-5)6(9)10;4-3-1-2-3;1-2;;;;/h2-3,6-8,10H,4-5H2,1H3,(H,19,22);4-8H,3H2,1-2H3;1-3H,(H,12,13);1H,2H3;2-3,9-10H,1H3;3H,1-2,4H2;1-2H;1H4;;2*1H/q;;;;;;;;+2;;/p-2. The van der Waals surface area contributed by atoms with Crippen LogP contribution in [0.15, 0.2) is 92.2 Å². The fraction of sp³-hybridized carbons (Fsp3) is 0.241. The maximum Gasteiger partial charge on any atom is 2.00 e. The normalized spacial score (nSPS) is 10.8. The molecule has 0 saturated heterocycles. The molecular weight excluding hydrogens is 1300 g/mol. The number of fused-ring (bicyclic) bond motifs is 3. The molecule has 32 heteroatoms. The predicted molar refractivity (Wildman–Crippen MR) is 318 cm³/mol. The molecule has 9 aromatic heterocycles. The van der Waals surface area contributed by atoms with E-state index in [9.17, 15) is 14.4 Å². The number of amides is 1. The van der Waals surface area contributed by atoms with E-state index >= 15 is 0 Å². The minimum Gasteiger partial charge on any atom is -1.00 e. The number of methoxy groups -OCH3 is 3. The summed E-state index contributed by atoms with van der Waals surface area (Å²) in [5, 5.41) is 41.4. The number of nitrogens with one attached hydrogen (secondary N) is 1. The van der Waals surface area contributed by atoms with Crippen molar-refractivity contribution in [2.75, 3.05) is 27.9 Å². The van der Waals surface area contributed by atoms with Gasteiger partial charge >= 0.3 is 74.8 Å². The van der Waals surface area contributed by atoms with E-state index < -0.39 is 19.1 Å². The van der Waals surface area contributed by atoms with Crippen LogP contribution in [0.4, 0.5) is 0 Å². The van der Waals surface area contributed by atoms with Gasteiger partial charge in [0.05, 0.1) is 27.9 Å². The second-order valence-corrected chi connectivity index (χ2v) is 16.9. The summed E-state index contributed by atoms with van der Waals surface area (Å²) in [6.45, 7) is 3.71. The molecule has 11 rings (SSSR count). The third kappa shape index (κ3) is 22.3. The minimum absolute atomic E-state index is 0. The number of aromatic nitrogens is 15. The van der Waals surface area contributed by atoms with Crippen molar-refractivity contribution in [1.29, 1.82) is 0 Å². The number of aromatic carboxylic acids is 1. The second kappa shape index (κ2) is 39.3. The third-order valence-electron chi connectivity index (χ3n) is 10.2. The molecule has 0 aliphatic heterocycles. The van der Waals surface area contributed by atoms with Gasteiger partial charge in [-0.2, -0.15) is 15.3 Å². The van der Waals surface area contributed by atoms with Crippen LogP contribution in [0.5, 0.6) is 18.0 Å². The SMILES string of the molecule is C.C#C.C#CC#CC#CC.CCOC(=O)c1nc2cccnn2c1-c1cnc(OC)nc1.COc1ncc(-c2c(C(=O)NC3CC3)nc3cccnn23)cn1.COc1ncc(B(O)O)cn1.NC1CC1.O=C(O)c1nc2cccnn2c1I.[Ca+2].[Cl-].[Cl-]. The number of carbonyl (C=O) groups is 3. The first kappa shape index (κ1) is 75.7. The van der Waals surface area contributed by atoms with Crippen LogP contribution in [-0.2, 0) is 4.74 Å². The van der Waals surface area contributed by atoms with E-state index in [4.69, 9.17) is 41.5 Å². The van der Waals surface area contributed by atoms with Crippen molar-refractivity contribution >= 4 is 108 Å². The van der Waals surface area contributed by atoms with Gasteiger partial charge in [0.15, 0.2) is 34.0 Å². The molecule has 2 fully saturated rings. The maximum atomic E-state index is 12.5. The van der Waals surface area contributed by atoms with Crippen LogP contribution in [-0.4, -0.2) is 192 Å². The summed E-state index contributed by atoms with van der Waals surface area (Å²) < 4.78 is 24.8. The van der Waals surface area contributed by atoms with Gasteiger partial charge in [-0.15, -0.1) is 19.3 Å². The molecular formula is C54H55BCaCl2IN17O10. The van der Waals surface area contributed by atoms with Crippen molar-refractivity contribution in [1.82, 2.24) is 79.0 Å². The first-order chi connectivity index (χ1) is 39.7. The average Bonchev–Trinajstić information content (AvgIpc) is 2.77. The van der Waals surface area contributed by atoms with Gasteiger partial charge in [-0.05, 0) is 122 Å². The molecule has 2 saturated carbocycles. The maximum absolute atomic E-state index is 12.5. The Morgan fingerprint density at radius 2 is 1.10 bits per heavy atom. The molecule has 0 aromatic carbocycles. The van der Waals surface area contributed by atoms with Crippen molar-refractivity contribution in [3.63, 3.8) is 0 Å². The molecule has 0 radical (unpaired) electrons. The number of carboxylic acids is 1. The Labute approximate surface area is 550 Å². The monoisotopic (exact) mass is 1350 g/mol. The molecule has 86 heavy (non-hydrogen) atoms. The second-order valence-electron chi connectivity index (χ2n) is 15.9. The zero-order valence-electron chi connectivity index (χ0n) is 46.0. The Kier molecular flexibility index (Phi) is 34.6. The molecule has 2 aliphatic rings. The molecule has 0 atom stereocenters. The number of rotatable bonds is 11. The van der Waals surface area contributed by atoms with E-state index in [2.05, 4.69) is 113 Å². The van der Waals surface area contributed by atoms with Gasteiger partial charge in [0.1, 0.15) is 15.1 Å². The van der Waals surface area contributed by atoms with Crippen LogP contribution in [0.1, 0.15) is 78.4 Å². The molecule has 442 valence electrons. The molecule has 0 spiro atoms. The predicted octanol–water partition coefficient (Wildman–Crippen LogP) is -3.08. The first-order valence-corrected chi connectivity index (χ1v) is 25.1. The van der Waals surface area contributed by atoms with Crippen LogP contribution >= 0.6 is 22.6 Å². The van der Waals surface area contributed by atoms with Crippen molar-refractivity contribution in [2.45, 2.75) is 59.0 Å². The van der Waals surface area contributed by atoms with Gasteiger partial charge in [-0.25, -0.2) is 68.0 Å². The number of esters is 1. The van der Waals surface area contributed by atoms with Crippen LogP contribution in [0, 0.1) is 52.6 Å². The van der Waals surface area contributed by atoms with Gasteiger partial charge in [0, 0.05) is 84.4 Å². The number of carboxylic acid groups (broad SMARTS) is 1. The minimum atomic E-state index is -1.53. The number of nitrogens with two attached hydrogens (primary N) is 1. The molecule has 27 nitrogen and oxygen atoms in total. The van der Waals surface area contributed by atoms with E-state index in [0.29, 0.717) is 54.9 Å². The Morgan fingerprint density at radius 3 is 1.48 bits per heavy atom. The van der Waals surface area contributed by atoms with Gasteiger partial charge in [-0.1, -0.05) is 13.3 Å². The zero-order chi connectivity index (χ0) is 59.6. The Bertz CT molecular complexity index is 3790. The molecule has 2 aliphatic carbocycles. The quantitative estimate of drug-likeness (QED) is 0.0371. The van der Waals surface area contributed by atoms with E-state index in [-0.39, 0.29) is 123 Å². The van der Waals surface area contributed by atoms with E-state index in [0.717, 1.165) is 12.8 Å². The number of nitrogens with zero attached hydrogens (tertiary/aromatic N) is 15. The number of terminal acetylenes is 2. The van der Waals surface area contributed by atoms with Gasteiger partial charge in [-0.3, -0.25) is 4.79 Å². The number of imidazole rings is 3. The molecule has 0 unspecified atom stereocenters. The van der Waals surface area contributed by atoms with Crippen molar-refractivity contribution in [3.8, 4) is 89.4 Å². The van der Waals surface area contributed by atoms with Crippen LogP contribution in [0.2, 0.25) is 0 Å². The number of hydrogen-bond acceptors (Lipinski definition) is 22. The van der Waals surface area contributed by atoms with Gasteiger partial charge in [0.25, 0.3) is 5.91 Å². The van der Waals surface area contributed by atoms with E-state index in [1.165, 1.54) is 51.1 Å². The van der Waals surface area contributed by atoms with Crippen LogP contribution < -0.4 is 55.5 Å². The zero-order valence-corrected chi connectivity index (χ0v) is 51.9. The van der Waals surface area contributed by atoms with Crippen LogP contribution in [0.3, 0.4) is 0 Å². The number of carbonyl (C=O) groups excluding carboxylic acids is 2. The summed E-state index contributed by atoms with van der Waals surface area (Å²) in [5.41, 5.74) is 9.98. The summed E-state index contributed by atoms with van der Waals surface area (Å²) in [7, 11) is 2.89. The van der Waals surface area contributed by atoms with Gasteiger partial charge in [0.2, 0.25) is 0 Å².